The molecule has 0 saturated carbocycles. The van der Waals surface area contributed by atoms with Gasteiger partial charge >= 0.3 is 6.03 Å². The molecule has 0 fully saturated rings. The molecule has 4 heteroatoms. The van der Waals surface area contributed by atoms with Gasteiger partial charge in [-0.3, -0.25) is 4.57 Å². The number of benzene rings is 2. The van der Waals surface area contributed by atoms with E-state index < -0.39 is 8.07 Å². The number of aromatic nitrogens is 1. The van der Waals surface area contributed by atoms with Gasteiger partial charge < -0.3 is 4.90 Å². The molecule has 0 saturated heterocycles. The second-order valence-corrected chi connectivity index (χ2v) is 12.7. The van der Waals surface area contributed by atoms with Gasteiger partial charge in [-0.1, -0.05) is 68.2 Å². The summed E-state index contributed by atoms with van der Waals surface area (Å²) in [7, 11) is -1.70. The van der Waals surface area contributed by atoms with E-state index in [1.807, 2.05) is 41.5 Å². The fourth-order valence-electron chi connectivity index (χ4n) is 3.50. The van der Waals surface area contributed by atoms with E-state index in [4.69, 9.17) is 0 Å². The zero-order valence-corrected chi connectivity index (χ0v) is 17.4. The molecule has 0 unspecified atom stereocenters. The second-order valence-electron chi connectivity index (χ2n) is 7.68. The maximum absolute atomic E-state index is 13.4. The third kappa shape index (κ3) is 3.21. The number of para-hydroxylation sites is 1. The molecule has 0 aliphatic rings. The van der Waals surface area contributed by atoms with Gasteiger partial charge in [0.2, 0.25) is 0 Å². The van der Waals surface area contributed by atoms with E-state index in [0.29, 0.717) is 13.1 Å². The summed E-state index contributed by atoms with van der Waals surface area (Å²) in [6, 6.07) is 19.0. The van der Waals surface area contributed by atoms with E-state index >= 15 is 0 Å². The van der Waals surface area contributed by atoms with E-state index in [1.54, 1.807) is 0 Å². The van der Waals surface area contributed by atoms with Crippen molar-refractivity contribution in [2.75, 3.05) is 13.1 Å². The smallest absolute Gasteiger partial charge is 0.325 e. The lowest BCUT2D eigenvalue weighted by Crippen LogP contribution is -2.48. The summed E-state index contributed by atoms with van der Waals surface area (Å²) in [6.07, 6.45) is 0. The van der Waals surface area contributed by atoms with Crippen molar-refractivity contribution in [2.45, 2.75) is 33.5 Å². The number of carbonyl (C=O) groups excluding carboxylic acids is 1. The van der Waals surface area contributed by atoms with Gasteiger partial charge in [-0.15, -0.1) is 0 Å². The molecule has 3 rings (SSSR count). The van der Waals surface area contributed by atoms with Gasteiger partial charge in [0.15, 0.2) is 0 Å². The van der Waals surface area contributed by atoms with Crippen LogP contribution in [-0.2, 0) is 0 Å². The first kappa shape index (κ1) is 18.5. The molecule has 0 bridgehead atoms. The average molecular weight is 365 g/mol. The quantitative estimate of drug-likeness (QED) is 0.587. The van der Waals surface area contributed by atoms with E-state index in [9.17, 15) is 4.79 Å². The van der Waals surface area contributed by atoms with Crippen LogP contribution in [0.25, 0.3) is 22.0 Å². The van der Waals surface area contributed by atoms with Crippen LogP contribution < -0.4 is 5.32 Å². The molecule has 136 valence electrons. The van der Waals surface area contributed by atoms with Gasteiger partial charge in [0.05, 0.1) is 13.6 Å². The minimum atomic E-state index is -1.70. The van der Waals surface area contributed by atoms with E-state index in [2.05, 4.69) is 56.0 Å². The average Bonchev–Trinajstić information content (AvgIpc) is 3.03. The third-order valence-corrected chi connectivity index (χ3v) is 6.81. The van der Waals surface area contributed by atoms with E-state index in [1.165, 1.54) is 5.32 Å². The van der Waals surface area contributed by atoms with Crippen molar-refractivity contribution in [3.05, 3.63) is 54.6 Å². The minimum absolute atomic E-state index is 0.0887. The van der Waals surface area contributed by atoms with Gasteiger partial charge in [0, 0.05) is 29.4 Å². The molecule has 1 aromatic heterocycles. The SMILES string of the molecule is CCN(CC)C(=O)n1c([Si](C)(C)C)cc2cccc(-c3ccccc3)c21. The number of rotatable bonds is 4. The molecule has 1 heterocycles. The second kappa shape index (κ2) is 7.12. The largest absolute Gasteiger partial charge is 0.328 e. The Kier molecular flexibility index (Phi) is 5.05. The lowest BCUT2D eigenvalue weighted by atomic mass is 10.0. The van der Waals surface area contributed by atoms with Crippen molar-refractivity contribution in [3.63, 3.8) is 0 Å². The van der Waals surface area contributed by atoms with Crippen LogP contribution in [0.15, 0.2) is 54.6 Å². The fourth-order valence-corrected chi connectivity index (χ4v) is 4.96. The van der Waals surface area contributed by atoms with Gasteiger partial charge in [-0.2, -0.15) is 0 Å². The lowest BCUT2D eigenvalue weighted by Gasteiger charge is -2.25. The van der Waals surface area contributed by atoms with Crippen LogP contribution >= 0.6 is 0 Å². The predicted octanol–water partition coefficient (Wildman–Crippen LogP) is 5.16. The molecule has 0 aliphatic carbocycles. The van der Waals surface area contributed by atoms with Crippen molar-refractivity contribution in [3.8, 4) is 11.1 Å². The molecule has 0 atom stereocenters. The summed E-state index contributed by atoms with van der Waals surface area (Å²) < 4.78 is 2.00. The Balaban J connectivity index is 2.37. The lowest BCUT2D eigenvalue weighted by molar-refractivity contribution is 0.206. The molecule has 3 nitrogen and oxygen atoms in total. The van der Waals surface area contributed by atoms with Crippen LogP contribution in [-0.4, -0.2) is 36.7 Å². The Morgan fingerprint density at radius 3 is 2.19 bits per heavy atom. The van der Waals surface area contributed by atoms with Crippen LogP contribution in [0.4, 0.5) is 4.79 Å². The minimum Gasteiger partial charge on any atom is -0.325 e. The predicted molar refractivity (Wildman–Crippen MR) is 114 cm³/mol. The fraction of sp³-hybridized carbons (Fsp3) is 0.318. The highest BCUT2D eigenvalue weighted by Gasteiger charge is 2.28. The van der Waals surface area contributed by atoms with Crippen LogP contribution in [0.5, 0.6) is 0 Å². The summed E-state index contributed by atoms with van der Waals surface area (Å²) in [5, 5.41) is 2.33. The monoisotopic (exact) mass is 364 g/mol. The summed E-state index contributed by atoms with van der Waals surface area (Å²) in [5.41, 5.74) is 3.30. The molecule has 0 aliphatic heterocycles. The van der Waals surface area contributed by atoms with Crippen molar-refractivity contribution >= 4 is 30.3 Å². The molecule has 0 N–H and O–H groups in total. The standard InChI is InChI=1S/C22H28N2OSi/c1-6-23(7-2)22(25)24-20(26(3,4)5)16-18-14-11-15-19(21(18)24)17-12-9-8-10-13-17/h8-16H,6-7H2,1-5H3. The van der Waals surface area contributed by atoms with E-state index in [-0.39, 0.29) is 6.03 Å². The van der Waals surface area contributed by atoms with E-state index in [0.717, 1.165) is 22.0 Å². The molecule has 0 spiro atoms. The first-order chi connectivity index (χ1) is 12.4. The van der Waals surface area contributed by atoms with Gasteiger partial charge in [0.1, 0.15) is 0 Å². The van der Waals surface area contributed by atoms with Crippen molar-refractivity contribution < 1.29 is 4.79 Å². The Labute approximate surface area is 157 Å². The van der Waals surface area contributed by atoms with Crippen LogP contribution in [0.2, 0.25) is 19.6 Å². The summed E-state index contributed by atoms with van der Waals surface area (Å²) in [6.45, 7) is 12.4. The number of hydrogen-bond acceptors (Lipinski definition) is 1. The molecule has 0 radical (unpaired) electrons. The molecule has 3 aromatic rings. The Morgan fingerprint density at radius 1 is 0.962 bits per heavy atom. The van der Waals surface area contributed by atoms with Gasteiger partial charge in [0.25, 0.3) is 0 Å². The highest BCUT2D eigenvalue weighted by Crippen LogP contribution is 2.30. The van der Waals surface area contributed by atoms with Gasteiger partial charge in [-0.05, 0) is 25.5 Å². The topological polar surface area (TPSA) is 25.2 Å². The third-order valence-electron chi connectivity index (χ3n) is 4.90. The van der Waals surface area contributed by atoms with Crippen LogP contribution in [0.1, 0.15) is 13.8 Å². The summed E-state index contributed by atoms with van der Waals surface area (Å²) in [4.78, 5) is 15.4. The maximum Gasteiger partial charge on any atom is 0.328 e. The highest BCUT2D eigenvalue weighted by atomic mass is 28.3. The number of nitrogens with zero attached hydrogens (tertiary/aromatic N) is 2. The first-order valence-electron chi connectivity index (χ1n) is 9.38. The first-order valence-corrected chi connectivity index (χ1v) is 12.9. The number of amides is 1. The number of hydrogen-bond donors (Lipinski definition) is 0. The maximum atomic E-state index is 13.4. The zero-order chi connectivity index (χ0) is 18.9. The molecule has 2 aromatic carbocycles. The highest BCUT2D eigenvalue weighted by molar-refractivity contribution is 6.88. The van der Waals surface area contributed by atoms with Crippen molar-refractivity contribution in [1.82, 2.24) is 9.47 Å². The van der Waals surface area contributed by atoms with Crippen LogP contribution in [0, 0.1) is 0 Å². The summed E-state index contributed by atoms with van der Waals surface area (Å²) in [5.74, 6) is 0. The molecule has 26 heavy (non-hydrogen) atoms. The summed E-state index contributed by atoms with van der Waals surface area (Å²) >= 11 is 0. The van der Waals surface area contributed by atoms with Crippen molar-refractivity contribution in [2.24, 2.45) is 0 Å². The molecular weight excluding hydrogens is 336 g/mol. The molecular formula is C22H28N2OSi. The number of fused-ring (bicyclic) bond motifs is 1. The Bertz CT molecular complexity index is 918. The van der Waals surface area contributed by atoms with Crippen molar-refractivity contribution in [1.29, 1.82) is 0 Å². The Morgan fingerprint density at radius 2 is 1.62 bits per heavy atom. The van der Waals surface area contributed by atoms with Crippen LogP contribution in [0.3, 0.4) is 0 Å². The zero-order valence-electron chi connectivity index (χ0n) is 16.4. The molecule has 1 amide bonds. The normalized spacial score (nSPS) is 11.7. The van der Waals surface area contributed by atoms with Gasteiger partial charge in [-0.25, -0.2) is 4.79 Å². The number of carbonyl (C=O) groups is 1. The Hall–Kier alpha value is -2.33.